The minimum absolute atomic E-state index is 0.184. The first-order valence-corrected chi connectivity index (χ1v) is 2.96. The van der Waals surface area contributed by atoms with Gasteiger partial charge in [0.2, 0.25) is 0 Å². The minimum Gasteiger partial charge on any atom is -0.463 e. The van der Waals surface area contributed by atoms with Crippen molar-refractivity contribution in [3.63, 3.8) is 0 Å². The zero-order chi connectivity index (χ0) is 8.10. The number of hydrogen-bond acceptors (Lipinski definition) is 2. The van der Waals surface area contributed by atoms with E-state index in [1.165, 1.54) is 0 Å². The van der Waals surface area contributed by atoms with Crippen molar-refractivity contribution in [2.45, 2.75) is 6.61 Å². The molecule has 2 nitrogen and oxygen atoms in total. The van der Waals surface area contributed by atoms with Crippen LogP contribution in [0.2, 0.25) is 0 Å². The molecule has 0 saturated heterocycles. The second kappa shape index (κ2) is 3.67. The number of ether oxygens (including phenoxy) is 1. The summed E-state index contributed by atoms with van der Waals surface area (Å²) in [7, 11) is 0. The predicted molar refractivity (Wildman–Crippen MR) is 37.3 cm³/mol. The summed E-state index contributed by atoms with van der Waals surface area (Å²) in [6.07, 6.45) is -0.992. The number of hydrogen-bond donors (Lipinski definition) is 0. The molecule has 0 spiro atoms. The molecule has 52 valence electrons. The van der Waals surface area contributed by atoms with Gasteiger partial charge in [0.1, 0.15) is 6.61 Å². The molecule has 2 heteroatoms. The maximum atomic E-state index is 10.1. The third kappa shape index (κ3) is 1.90. The number of carbonyl (C=O) groups excluding carboxylic acids is 1. The van der Waals surface area contributed by atoms with Gasteiger partial charge in [-0.25, -0.2) is 0 Å². The van der Waals surface area contributed by atoms with Gasteiger partial charge in [-0.2, -0.15) is 0 Å². The molecule has 0 saturated carbocycles. The summed E-state index contributed by atoms with van der Waals surface area (Å²) in [5.74, 6) is 0. The summed E-state index contributed by atoms with van der Waals surface area (Å²) < 4.78 is 10.9. The van der Waals surface area contributed by atoms with E-state index in [9.17, 15) is 4.79 Å². The van der Waals surface area contributed by atoms with E-state index in [1.807, 2.05) is 30.3 Å². The average Bonchev–Trinajstić information content (AvgIpc) is 2.03. The molecule has 0 heterocycles. The standard InChI is InChI=1S/C8H8O2/c9-7-10-6-8-4-2-1-3-5-8/h1-5,7H,6H2/i7D. The van der Waals surface area contributed by atoms with Crippen LogP contribution in [0.5, 0.6) is 0 Å². The third-order valence-corrected chi connectivity index (χ3v) is 1.14. The van der Waals surface area contributed by atoms with Crippen molar-refractivity contribution < 1.29 is 10.9 Å². The second-order valence-corrected chi connectivity index (χ2v) is 1.86. The van der Waals surface area contributed by atoms with E-state index in [0.717, 1.165) is 5.56 Å². The van der Waals surface area contributed by atoms with Gasteiger partial charge in [-0.15, -0.1) is 0 Å². The molecule has 0 N–H and O–H groups in total. The molecule has 1 aromatic carbocycles. The van der Waals surface area contributed by atoms with Gasteiger partial charge in [0, 0.05) is 0 Å². The number of rotatable bonds is 2. The molecule has 0 amide bonds. The Labute approximate surface area is 60.8 Å². The topological polar surface area (TPSA) is 26.3 Å². The zero-order valence-corrected chi connectivity index (χ0v) is 5.41. The molecule has 0 aliphatic heterocycles. The summed E-state index contributed by atoms with van der Waals surface area (Å²) in [5.41, 5.74) is 0.896. The van der Waals surface area contributed by atoms with Gasteiger partial charge in [-0.05, 0) is 5.56 Å². The molecule has 0 radical (unpaired) electrons. The highest BCUT2D eigenvalue weighted by Gasteiger charge is 1.87. The van der Waals surface area contributed by atoms with Crippen LogP contribution in [0, 0.1) is 0 Å². The van der Waals surface area contributed by atoms with Crippen molar-refractivity contribution in [1.82, 2.24) is 0 Å². The zero-order valence-electron chi connectivity index (χ0n) is 6.41. The van der Waals surface area contributed by atoms with Crippen LogP contribution in [0.25, 0.3) is 0 Å². The number of benzene rings is 1. The van der Waals surface area contributed by atoms with Crippen LogP contribution >= 0.6 is 0 Å². The predicted octanol–water partition coefficient (Wildman–Crippen LogP) is 1.36. The first kappa shape index (κ1) is 5.47. The molecule has 0 unspecified atom stereocenters. The summed E-state index contributed by atoms with van der Waals surface area (Å²) in [6, 6.07) is 9.26. The molecule has 10 heavy (non-hydrogen) atoms. The lowest BCUT2D eigenvalue weighted by Crippen LogP contribution is -1.88. The van der Waals surface area contributed by atoms with Gasteiger partial charge in [0.05, 0.1) is 0 Å². The van der Waals surface area contributed by atoms with Crippen LogP contribution < -0.4 is 0 Å². The fourth-order valence-electron chi connectivity index (χ4n) is 0.687. The Morgan fingerprint density at radius 2 is 2.20 bits per heavy atom. The summed E-state index contributed by atoms with van der Waals surface area (Å²) in [4.78, 5) is 10.1. The van der Waals surface area contributed by atoms with Crippen LogP contribution in [0.1, 0.15) is 6.93 Å². The van der Waals surface area contributed by atoms with E-state index in [1.54, 1.807) is 0 Å². The van der Waals surface area contributed by atoms with Gasteiger partial charge >= 0.3 is 0 Å². The lowest BCUT2D eigenvalue weighted by atomic mass is 10.2. The summed E-state index contributed by atoms with van der Waals surface area (Å²) in [6.45, 7) is 0.184. The highest BCUT2D eigenvalue weighted by atomic mass is 16.5. The smallest absolute Gasteiger partial charge is 0.293 e. The quantitative estimate of drug-likeness (QED) is 0.575. The minimum atomic E-state index is -0.992. The number of carbonyl (C=O) groups is 1. The van der Waals surface area contributed by atoms with Crippen LogP contribution in [0.3, 0.4) is 0 Å². The molecule has 1 aromatic rings. The highest BCUT2D eigenvalue weighted by Crippen LogP contribution is 1.98. The van der Waals surface area contributed by atoms with Gasteiger partial charge in [0.25, 0.3) is 6.45 Å². The molecule has 0 bridgehead atoms. The van der Waals surface area contributed by atoms with Crippen LogP contribution in [-0.4, -0.2) is 6.45 Å². The second-order valence-electron chi connectivity index (χ2n) is 1.86. The molecule has 0 atom stereocenters. The Kier molecular flexibility index (Phi) is 2.01. The largest absolute Gasteiger partial charge is 0.463 e. The molecule has 0 aliphatic rings. The maximum absolute atomic E-state index is 10.1. The van der Waals surface area contributed by atoms with E-state index < -0.39 is 6.45 Å². The molecule has 0 fully saturated rings. The van der Waals surface area contributed by atoms with Gasteiger partial charge in [0.15, 0.2) is 1.37 Å². The fourth-order valence-corrected chi connectivity index (χ4v) is 0.687. The van der Waals surface area contributed by atoms with Crippen molar-refractivity contribution in [1.29, 1.82) is 0 Å². The SMILES string of the molecule is [2H]C(=O)OCc1ccccc1. The van der Waals surface area contributed by atoms with E-state index >= 15 is 0 Å². The highest BCUT2D eigenvalue weighted by molar-refractivity contribution is 5.37. The van der Waals surface area contributed by atoms with Gasteiger partial charge in [-0.1, -0.05) is 30.3 Å². The van der Waals surface area contributed by atoms with Crippen molar-refractivity contribution >= 4 is 6.45 Å². The average molecular weight is 137 g/mol. The van der Waals surface area contributed by atoms with Crippen LogP contribution in [-0.2, 0) is 16.1 Å². The molecule has 0 aliphatic carbocycles. The first-order chi connectivity index (χ1) is 5.29. The molecular formula is C8H8O2. The Hall–Kier alpha value is -1.31. The summed E-state index contributed by atoms with van der Waals surface area (Å²) in [5, 5.41) is 0. The van der Waals surface area contributed by atoms with Crippen molar-refractivity contribution in [3.8, 4) is 0 Å². The van der Waals surface area contributed by atoms with Gasteiger partial charge in [-0.3, -0.25) is 4.79 Å². The van der Waals surface area contributed by atoms with E-state index in [4.69, 9.17) is 1.37 Å². The first-order valence-electron chi connectivity index (χ1n) is 3.46. The van der Waals surface area contributed by atoms with Crippen molar-refractivity contribution in [2.24, 2.45) is 0 Å². The lowest BCUT2D eigenvalue weighted by Gasteiger charge is -1.95. The third-order valence-electron chi connectivity index (χ3n) is 1.14. The Balaban J connectivity index is 2.45. The van der Waals surface area contributed by atoms with Crippen LogP contribution in [0.15, 0.2) is 30.3 Å². The van der Waals surface area contributed by atoms with E-state index in [2.05, 4.69) is 4.74 Å². The van der Waals surface area contributed by atoms with Crippen molar-refractivity contribution in [2.75, 3.05) is 0 Å². The van der Waals surface area contributed by atoms with Gasteiger partial charge < -0.3 is 4.74 Å². The molecule has 1 rings (SSSR count). The lowest BCUT2D eigenvalue weighted by molar-refractivity contribution is -0.129. The fraction of sp³-hybridized carbons (Fsp3) is 0.125. The Morgan fingerprint density at radius 3 is 2.80 bits per heavy atom. The van der Waals surface area contributed by atoms with E-state index in [-0.39, 0.29) is 6.61 Å². The maximum Gasteiger partial charge on any atom is 0.293 e. The van der Waals surface area contributed by atoms with Crippen LogP contribution in [0.4, 0.5) is 0 Å². The Morgan fingerprint density at radius 1 is 1.50 bits per heavy atom. The Bertz CT molecular complexity index is 233. The molecule has 0 aromatic heterocycles. The summed E-state index contributed by atoms with van der Waals surface area (Å²) >= 11 is 0. The monoisotopic (exact) mass is 137 g/mol. The molecular weight excluding hydrogens is 128 g/mol. The normalized spacial score (nSPS) is 10.2. The van der Waals surface area contributed by atoms with E-state index in [0.29, 0.717) is 0 Å². The van der Waals surface area contributed by atoms with Crippen molar-refractivity contribution in [3.05, 3.63) is 35.9 Å².